The van der Waals surface area contributed by atoms with Crippen LogP contribution in [0.2, 0.25) is 0 Å². The highest BCUT2D eigenvalue weighted by atomic mass is 79.9. The van der Waals surface area contributed by atoms with Crippen molar-refractivity contribution in [3.05, 3.63) is 71.0 Å². The Morgan fingerprint density at radius 1 is 1.04 bits per heavy atom. The van der Waals surface area contributed by atoms with E-state index in [0.29, 0.717) is 16.9 Å². The number of amides is 2. The van der Waals surface area contributed by atoms with Gasteiger partial charge in [0, 0.05) is 30.1 Å². The number of rotatable bonds is 4. The van der Waals surface area contributed by atoms with Gasteiger partial charge in [-0.25, -0.2) is 4.68 Å². The summed E-state index contributed by atoms with van der Waals surface area (Å²) < 4.78 is 2.59. The molecule has 25 heavy (non-hydrogen) atoms. The van der Waals surface area contributed by atoms with Crippen molar-refractivity contribution in [2.75, 3.05) is 10.6 Å². The summed E-state index contributed by atoms with van der Waals surface area (Å²) in [6.45, 7) is 1.44. The van der Waals surface area contributed by atoms with Crippen LogP contribution in [0.5, 0.6) is 0 Å². The normalized spacial score (nSPS) is 10.3. The second-order valence-corrected chi connectivity index (χ2v) is 6.28. The van der Waals surface area contributed by atoms with E-state index in [1.807, 2.05) is 18.3 Å². The zero-order chi connectivity index (χ0) is 17.8. The van der Waals surface area contributed by atoms with E-state index in [4.69, 9.17) is 0 Å². The first-order chi connectivity index (χ1) is 12.0. The Morgan fingerprint density at radius 3 is 2.32 bits per heavy atom. The van der Waals surface area contributed by atoms with Gasteiger partial charge < -0.3 is 10.6 Å². The third kappa shape index (κ3) is 4.33. The number of nitrogens with zero attached hydrogens (tertiary/aromatic N) is 2. The van der Waals surface area contributed by atoms with Gasteiger partial charge in [0.2, 0.25) is 5.91 Å². The maximum absolute atomic E-state index is 12.4. The number of carbonyl (C=O) groups is 2. The molecular weight excluding hydrogens is 384 g/mol. The number of anilines is 2. The van der Waals surface area contributed by atoms with Crippen LogP contribution in [0.1, 0.15) is 17.3 Å². The summed E-state index contributed by atoms with van der Waals surface area (Å²) in [7, 11) is 0. The number of hydrogen-bond acceptors (Lipinski definition) is 3. The Labute approximate surface area is 153 Å². The van der Waals surface area contributed by atoms with E-state index in [1.165, 1.54) is 6.92 Å². The molecule has 3 rings (SSSR count). The van der Waals surface area contributed by atoms with Crippen LogP contribution >= 0.6 is 15.9 Å². The average Bonchev–Trinajstić information content (AvgIpc) is 3.01. The lowest BCUT2D eigenvalue weighted by atomic mass is 10.2. The Balaban J connectivity index is 1.72. The highest BCUT2D eigenvalue weighted by Gasteiger charge is 2.08. The van der Waals surface area contributed by atoms with Crippen molar-refractivity contribution in [1.82, 2.24) is 9.78 Å². The molecule has 3 aromatic rings. The van der Waals surface area contributed by atoms with Crippen LogP contribution in [-0.2, 0) is 4.79 Å². The summed E-state index contributed by atoms with van der Waals surface area (Å²) in [6.07, 6.45) is 3.53. The molecule has 2 amide bonds. The van der Waals surface area contributed by atoms with Crippen molar-refractivity contribution in [1.29, 1.82) is 0 Å². The highest BCUT2D eigenvalue weighted by Crippen LogP contribution is 2.17. The van der Waals surface area contributed by atoms with Crippen LogP contribution in [0.25, 0.3) is 5.69 Å². The van der Waals surface area contributed by atoms with Crippen LogP contribution in [0.3, 0.4) is 0 Å². The van der Waals surface area contributed by atoms with Gasteiger partial charge in [-0.3, -0.25) is 9.59 Å². The number of aromatic nitrogens is 2. The highest BCUT2D eigenvalue weighted by molar-refractivity contribution is 9.10. The molecule has 2 aromatic carbocycles. The third-order valence-electron chi connectivity index (χ3n) is 3.39. The minimum atomic E-state index is -0.229. The van der Waals surface area contributed by atoms with Gasteiger partial charge in [0.15, 0.2) is 0 Å². The predicted molar refractivity (Wildman–Crippen MR) is 100.0 cm³/mol. The van der Waals surface area contributed by atoms with Gasteiger partial charge in [-0.1, -0.05) is 6.07 Å². The quantitative estimate of drug-likeness (QED) is 0.700. The topological polar surface area (TPSA) is 76.0 Å². The molecule has 0 spiro atoms. The molecule has 0 saturated carbocycles. The van der Waals surface area contributed by atoms with Gasteiger partial charge in [-0.15, -0.1) is 0 Å². The Hall–Kier alpha value is -2.93. The smallest absolute Gasteiger partial charge is 0.255 e. The third-order valence-corrected chi connectivity index (χ3v) is 3.80. The fourth-order valence-corrected chi connectivity index (χ4v) is 2.57. The fraction of sp³-hybridized carbons (Fsp3) is 0.0556. The molecule has 0 atom stereocenters. The predicted octanol–water partition coefficient (Wildman–Crippen LogP) is 3.85. The second-order valence-electron chi connectivity index (χ2n) is 5.37. The van der Waals surface area contributed by atoms with Crippen molar-refractivity contribution in [2.24, 2.45) is 0 Å². The maximum Gasteiger partial charge on any atom is 0.255 e. The zero-order valence-electron chi connectivity index (χ0n) is 13.4. The second kappa shape index (κ2) is 7.31. The Kier molecular flexibility index (Phi) is 4.95. The first kappa shape index (κ1) is 16.9. The van der Waals surface area contributed by atoms with E-state index in [-0.39, 0.29) is 11.8 Å². The van der Waals surface area contributed by atoms with Gasteiger partial charge in [0.25, 0.3) is 5.91 Å². The fourth-order valence-electron chi connectivity index (χ4n) is 2.29. The number of halogens is 1. The molecule has 0 saturated heterocycles. The van der Waals surface area contributed by atoms with E-state index in [0.717, 1.165) is 10.2 Å². The number of hydrogen-bond donors (Lipinski definition) is 2. The van der Waals surface area contributed by atoms with Gasteiger partial charge in [-0.05, 0) is 58.4 Å². The SMILES string of the molecule is CC(=O)Nc1cccc(NC(=O)c2ccc(-n3cc(Br)cn3)cc2)c1. The molecule has 126 valence electrons. The molecule has 0 aliphatic carbocycles. The minimum Gasteiger partial charge on any atom is -0.326 e. The summed E-state index contributed by atoms with van der Waals surface area (Å²) in [4.78, 5) is 23.5. The molecule has 7 heteroatoms. The zero-order valence-corrected chi connectivity index (χ0v) is 14.9. The molecule has 0 bridgehead atoms. The molecule has 2 N–H and O–H groups in total. The summed E-state index contributed by atoms with van der Waals surface area (Å²) >= 11 is 3.35. The van der Waals surface area contributed by atoms with E-state index >= 15 is 0 Å². The first-order valence-electron chi connectivity index (χ1n) is 7.51. The van der Waals surface area contributed by atoms with E-state index in [1.54, 1.807) is 47.3 Å². The lowest BCUT2D eigenvalue weighted by Crippen LogP contribution is -2.12. The van der Waals surface area contributed by atoms with E-state index < -0.39 is 0 Å². The molecule has 0 aliphatic heterocycles. The number of benzene rings is 2. The lowest BCUT2D eigenvalue weighted by Gasteiger charge is -2.08. The van der Waals surface area contributed by atoms with Crippen molar-refractivity contribution in [2.45, 2.75) is 6.92 Å². The van der Waals surface area contributed by atoms with Gasteiger partial charge in [-0.2, -0.15) is 5.10 Å². The summed E-state index contributed by atoms with van der Waals surface area (Å²) in [5, 5.41) is 9.69. The van der Waals surface area contributed by atoms with Crippen molar-refractivity contribution in [3.8, 4) is 5.69 Å². The molecule has 0 fully saturated rings. The van der Waals surface area contributed by atoms with Crippen LogP contribution in [0.4, 0.5) is 11.4 Å². The average molecular weight is 399 g/mol. The van der Waals surface area contributed by atoms with Crippen LogP contribution < -0.4 is 10.6 Å². The Bertz CT molecular complexity index is 919. The molecule has 0 unspecified atom stereocenters. The van der Waals surface area contributed by atoms with E-state index in [2.05, 4.69) is 31.7 Å². The van der Waals surface area contributed by atoms with Gasteiger partial charge in [0.1, 0.15) is 0 Å². The standard InChI is InChI=1S/C18H15BrN4O2/c1-12(24)21-15-3-2-4-16(9-15)22-18(25)13-5-7-17(8-6-13)23-11-14(19)10-20-23/h2-11H,1H3,(H,21,24)(H,22,25). The lowest BCUT2D eigenvalue weighted by molar-refractivity contribution is -0.114. The van der Waals surface area contributed by atoms with Gasteiger partial charge >= 0.3 is 0 Å². The van der Waals surface area contributed by atoms with Crippen molar-refractivity contribution < 1.29 is 9.59 Å². The van der Waals surface area contributed by atoms with Crippen LogP contribution in [0, 0.1) is 0 Å². The summed E-state index contributed by atoms with van der Waals surface area (Å²) in [6, 6.07) is 14.1. The van der Waals surface area contributed by atoms with Gasteiger partial charge in [0.05, 0.1) is 16.4 Å². The molecule has 6 nitrogen and oxygen atoms in total. The maximum atomic E-state index is 12.4. The molecule has 1 heterocycles. The first-order valence-corrected chi connectivity index (χ1v) is 8.30. The minimum absolute atomic E-state index is 0.163. The van der Waals surface area contributed by atoms with Crippen molar-refractivity contribution in [3.63, 3.8) is 0 Å². The molecule has 1 aromatic heterocycles. The summed E-state index contributed by atoms with van der Waals surface area (Å²) in [5.74, 6) is -0.391. The molecule has 0 radical (unpaired) electrons. The largest absolute Gasteiger partial charge is 0.326 e. The molecular formula is C18H15BrN4O2. The van der Waals surface area contributed by atoms with Crippen molar-refractivity contribution >= 4 is 39.1 Å². The molecule has 0 aliphatic rings. The number of nitrogens with one attached hydrogen (secondary N) is 2. The monoisotopic (exact) mass is 398 g/mol. The Morgan fingerprint density at radius 2 is 1.72 bits per heavy atom. The summed E-state index contributed by atoms with van der Waals surface area (Å²) in [5.41, 5.74) is 2.62. The number of carbonyl (C=O) groups excluding carboxylic acids is 2. The van der Waals surface area contributed by atoms with Crippen LogP contribution in [-0.4, -0.2) is 21.6 Å². The van der Waals surface area contributed by atoms with E-state index in [9.17, 15) is 9.59 Å². The van der Waals surface area contributed by atoms with Crippen LogP contribution in [0.15, 0.2) is 65.4 Å².